The van der Waals surface area contributed by atoms with Crippen molar-refractivity contribution in [2.45, 2.75) is 19.6 Å². The van der Waals surface area contributed by atoms with Crippen molar-refractivity contribution < 1.29 is 19.7 Å². The molecule has 0 aliphatic heterocycles. The molecule has 2 N–H and O–H groups in total. The highest BCUT2D eigenvalue weighted by Gasteiger charge is 2.06. The van der Waals surface area contributed by atoms with E-state index >= 15 is 0 Å². The second-order valence-electron chi connectivity index (χ2n) is 4.43. The normalized spacial score (nSPS) is 10.2. The Kier molecular flexibility index (Phi) is 4.74. The van der Waals surface area contributed by atoms with Crippen molar-refractivity contribution in [3.05, 3.63) is 65.2 Å². The summed E-state index contributed by atoms with van der Waals surface area (Å²) in [5.41, 5.74) is 2.44. The van der Waals surface area contributed by atoms with Crippen LogP contribution in [0.4, 0.5) is 0 Å². The molecule has 0 amide bonds. The fourth-order valence-electron chi connectivity index (χ4n) is 1.89. The first-order chi connectivity index (χ1) is 9.69. The van der Waals surface area contributed by atoms with Crippen molar-refractivity contribution in [3.8, 4) is 5.75 Å². The fraction of sp³-hybridized carbons (Fsp3) is 0.188. The number of benzene rings is 2. The maximum Gasteiger partial charge on any atom is 0.307 e. The average molecular weight is 272 g/mol. The van der Waals surface area contributed by atoms with Crippen LogP contribution in [0.2, 0.25) is 0 Å². The average Bonchev–Trinajstić information content (AvgIpc) is 2.46. The molecule has 0 aliphatic carbocycles. The lowest BCUT2D eigenvalue weighted by Gasteiger charge is -2.10. The Bertz CT molecular complexity index is 575. The fourth-order valence-corrected chi connectivity index (χ4v) is 1.89. The molecular weight excluding hydrogens is 256 g/mol. The molecular formula is C16H16O4. The van der Waals surface area contributed by atoms with Gasteiger partial charge in [0.15, 0.2) is 0 Å². The molecule has 0 spiro atoms. The van der Waals surface area contributed by atoms with E-state index in [1.165, 1.54) is 0 Å². The van der Waals surface area contributed by atoms with Gasteiger partial charge in [0.25, 0.3) is 0 Å². The smallest absolute Gasteiger partial charge is 0.307 e. The third-order valence-corrected chi connectivity index (χ3v) is 2.96. The summed E-state index contributed by atoms with van der Waals surface area (Å²) in [4.78, 5) is 10.8. The van der Waals surface area contributed by atoms with E-state index in [1.807, 2.05) is 18.2 Å². The SMILES string of the molecule is O=C(O)Cc1ccccc1COc1ccc(CO)cc1. The molecule has 4 heteroatoms. The summed E-state index contributed by atoms with van der Waals surface area (Å²) >= 11 is 0. The number of carboxylic acid groups (broad SMARTS) is 1. The minimum absolute atomic E-state index is 0.00171. The van der Waals surface area contributed by atoms with E-state index in [2.05, 4.69) is 0 Å². The van der Waals surface area contributed by atoms with Gasteiger partial charge in [-0.15, -0.1) is 0 Å². The highest BCUT2D eigenvalue weighted by Crippen LogP contribution is 2.16. The summed E-state index contributed by atoms with van der Waals surface area (Å²) in [6.45, 7) is 0.323. The first kappa shape index (κ1) is 14.1. The van der Waals surface area contributed by atoms with Crippen LogP contribution in [0, 0.1) is 0 Å². The van der Waals surface area contributed by atoms with Gasteiger partial charge in [0.05, 0.1) is 13.0 Å². The van der Waals surface area contributed by atoms with Gasteiger partial charge >= 0.3 is 5.97 Å². The van der Waals surface area contributed by atoms with Crippen LogP contribution in [0.3, 0.4) is 0 Å². The van der Waals surface area contributed by atoms with E-state index in [9.17, 15) is 4.79 Å². The van der Waals surface area contributed by atoms with Crippen LogP contribution in [0.5, 0.6) is 5.75 Å². The van der Waals surface area contributed by atoms with Gasteiger partial charge in [0.2, 0.25) is 0 Å². The molecule has 0 aliphatic rings. The maximum absolute atomic E-state index is 10.8. The van der Waals surface area contributed by atoms with E-state index in [1.54, 1.807) is 30.3 Å². The van der Waals surface area contributed by atoms with E-state index < -0.39 is 5.97 Å². The Morgan fingerprint density at radius 3 is 2.25 bits per heavy atom. The zero-order valence-electron chi connectivity index (χ0n) is 11.0. The van der Waals surface area contributed by atoms with Crippen LogP contribution in [-0.4, -0.2) is 16.2 Å². The van der Waals surface area contributed by atoms with Gasteiger partial charge in [-0.25, -0.2) is 0 Å². The van der Waals surface area contributed by atoms with E-state index in [4.69, 9.17) is 14.9 Å². The molecule has 0 saturated carbocycles. The van der Waals surface area contributed by atoms with Crippen molar-refractivity contribution in [3.63, 3.8) is 0 Å². The summed E-state index contributed by atoms with van der Waals surface area (Å²) in [6, 6.07) is 14.5. The molecule has 104 valence electrons. The van der Waals surface area contributed by atoms with Gasteiger partial charge in [-0.05, 0) is 28.8 Å². The number of hydrogen-bond acceptors (Lipinski definition) is 3. The van der Waals surface area contributed by atoms with Crippen molar-refractivity contribution in [2.75, 3.05) is 0 Å². The van der Waals surface area contributed by atoms with Crippen molar-refractivity contribution in [1.29, 1.82) is 0 Å². The zero-order chi connectivity index (χ0) is 14.4. The highest BCUT2D eigenvalue weighted by atomic mass is 16.5. The zero-order valence-corrected chi connectivity index (χ0v) is 11.0. The molecule has 2 aromatic rings. The summed E-state index contributed by atoms with van der Waals surface area (Å²) < 4.78 is 5.64. The van der Waals surface area contributed by atoms with Gasteiger partial charge < -0.3 is 14.9 Å². The first-order valence-corrected chi connectivity index (χ1v) is 6.30. The second kappa shape index (κ2) is 6.73. The third-order valence-electron chi connectivity index (χ3n) is 2.96. The Morgan fingerprint density at radius 1 is 1.00 bits per heavy atom. The molecule has 0 fully saturated rings. The summed E-state index contributed by atoms with van der Waals surface area (Å²) in [5, 5.41) is 17.8. The van der Waals surface area contributed by atoms with Gasteiger partial charge in [-0.1, -0.05) is 36.4 Å². The van der Waals surface area contributed by atoms with E-state index in [-0.39, 0.29) is 13.0 Å². The number of aliphatic carboxylic acids is 1. The second-order valence-corrected chi connectivity index (χ2v) is 4.43. The topological polar surface area (TPSA) is 66.8 Å². The number of ether oxygens (including phenoxy) is 1. The Hall–Kier alpha value is -2.33. The van der Waals surface area contributed by atoms with Crippen LogP contribution in [0.1, 0.15) is 16.7 Å². The molecule has 4 nitrogen and oxygen atoms in total. The van der Waals surface area contributed by atoms with Crippen LogP contribution in [0.15, 0.2) is 48.5 Å². The minimum Gasteiger partial charge on any atom is -0.489 e. The number of aliphatic hydroxyl groups excluding tert-OH is 1. The summed E-state index contributed by atoms with van der Waals surface area (Å²) in [7, 11) is 0. The van der Waals surface area contributed by atoms with E-state index in [0.717, 1.165) is 16.7 Å². The summed E-state index contributed by atoms with van der Waals surface area (Å²) in [5.74, 6) is -0.169. The molecule has 20 heavy (non-hydrogen) atoms. The molecule has 0 atom stereocenters. The lowest BCUT2D eigenvalue weighted by molar-refractivity contribution is -0.136. The molecule has 0 radical (unpaired) electrons. The van der Waals surface area contributed by atoms with Gasteiger partial charge in [-0.3, -0.25) is 4.79 Å². The first-order valence-electron chi connectivity index (χ1n) is 6.30. The predicted molar refractivity (Wildman–Crippen MR) is 74.5 cm³/mol. The minimum atomic E-state index is -0.857. The summed E-state index contributed by atoms with van der Waals surface area (Å²) in [6.07, 6.45) is -0.0109. The quantitative estimate of drug-likeness (QED) is 0.847. The molecule has 0 bridgehead atoms. The molecule has 0 aromatic heterocycles. The molecule has 0 unspecified atom stereocenters. The Balaban J connectivity index is 2.04. The molecule has 0 saturated heterocycles. The Labute approximate surface area is 117 Å². The van der Waals surface area contributed by atoms with Gasteiger partial charge in [-0.2, -0.15) is 0 Å². The van der Waals surface area contributed by atoms with Crippen LogP contribution < -0.4 is 4.74 Å². The predicted octanol–water partition coefficient (Wildman–Crippen LogP) is 2.39. The molecule has 2 aromatic carbocycles. The van der Waals surface area contributed by atoms with Crippen molar-refractivity contribution >= 4 is 5.97 Å². The van der Waals surface area contributed by atoms with Gasteiger partial charge in [0.1, 0.15) is 12.4 Å². The van der Waals surface area contributed by atoms with Gasteiger partial charge in [0, 0.05) is 0 Å². The van der Waals surface area contributed by atoms with Crippen LogP contribution in [0.25, 0.3) is 0 Å². The Morgan fingerprint density at radius 2 is 1.65 bits per heavy atom. The number of carboxylic acids is 1. The molecule has 0 heterocycles. The number of aliphatic hydroxyl groups is 1. The monoisotopic (exact) mass is 272 g/mol. The number of carbonyl (C=O) groups is 1. The number of rotatable bonds is 6. The third kappa shape index (κ3) is 3.83. The lowest BCUT2D eigenvalue weighted by Crippen LogP contribution is -2.05. The maximum atomic E-state index is 10.8. The van der Waals surface area contributed by atoms with Crippen molar-refractivity contribution in [2.24, 2.45) is 0 Å². The van der Waals surface area contributed by atoms with Crippen molar-refractivity contribution in [1.82, 2.24) is 0 Å². The largest absolute Gasteiger partial charge is 0.489 e. The lowest BCUT2D eigenvalue weighted by atomic mass is 10.1. The highest BCUT2D eigenvalue weighted by molar-refractivity contribution is 5.70. The van der Waals surface area contributed by atoms with E-state index in [0.29, 0.717) is 12.4 Å². The number of hydrogen-bond donors (Lipinski definition) is 2. The van der Waals surface area contributed by atoms with Crippen LogP contribution in [-0.2, 0) is 24.4 Å². The van der Waals surface area contributed by atoms with Crippen LogP contribution >= 0.6 is 0 Å². The standard InChI is InChI=1S/C16H16O4/c17-10-12-5-7-15(8-6-12)20-11-14-4-2-1-3-13(14)9-16(18)19/h1-8,17H,9-11H2,(H,18,19). The molecule has 2 rings (SSSR count).